The van der Waals surface area contributed by atoms with Gasteiger partial charge in [-0.3, -0.25) is 4.79 Å². The number of benzene rings is 1. The predicted molar refractivity (Wildman–Crippen MR) is 88.7 cm³/mol. The molecule has 0 spiro atoms. The molecule has 6 heteroatoms. The average Bonchev–Trinajstić information content (AvgIpc) is 3.20. The number of piperidine rings is 1. The number of rotatable bonds is 2. The first-order valence-electron chi connectivity index (χ1n) is 7.79. The standard InChI is InChI=1S/C17H17N3O2S/c1-11-18-16(22-19-11)13-6-4-8-20(10-13)17(21)15-9-12-5-2-3-7-14(12)23-15/h2-3,5,7,9,13H,4,6,8,10H2,1H3/t13-/m1/s1. The number of fused-ring (bicyclic) bond motifs is 1. The highest BCUT2D eigenvalue weighted by Gasteiger charge is 2.29. The lowest BCUT2D eigenvalue weighted by molar-refractivity contribution is 0.0700. The molecule has 1 aliphatic heterocycles. The Morgan fingerprint density at radius 3 is 3.04 bits per heavy atom. The van der Waals surface area contributed by atoms with E-state index in [1.807, 2.05) is 36.1 Å². The summed E-state index contributed by atoms with van der Waals surface area (Å²) in [6, 6.07) is 10.1. The molecule has 1 fully saturated rings. The van der Waals surface area contributed by atoms with E-state index in [0.29, 0.717) is 18.3 Å². The van der Waals surface area contributed by atoms with Crippen molar-refractivity contribution in [1.29, 1.82) is 0 Å². The van der Waals surface area contributed by atoms with Crippen LogP contribution in [0.25, 0.3) is 10.1 Å². The maximum atomic E-state index is 12.8. The Kier molecular flexibility index (Phi) is 3.61. The maximum Gasteiger partial charge on any atom is 0.263 e. The van der Waals surface area contributed by atoms with Gasteiger partial charge >= 0.3 is 0 Å². The van der Waals surface area contributed by atoms with Crippen LogP contribution < -0.4 is 0 Å². The molecule has 1 aromatic carbocycles. The lowest BCUT2D eigenvalue weighted by Crippen LogP contribution is -2.38. The van der Waals surface area contributed by atoms with Gasteiger partial charge in [-0.15, -0.1) is 11.3 Å². The molecule has 1 aliphatic rings. The molecular weight excluding hydrogens is 310 g/mol. The van der Waals surface area contributed by atoms with Crippen molar-refractivity contribution in [3.05, 3.63) is 46.9 Å². The van der Waals surface area contributed by atoms with Crippen molar-refractivity contribution in [1.82, 2.24) is 15.0 Å². The van der Waals surface area contributed by atoms with E-state index in [-0.39, 0.29) is 11.8 Å². The van der Waals surface area contributed by atoms with E-state index in [1.165, 1.54) is 0 Å². The van der Waals surface area contributed by atoms with Crippen molar-refractivity contribution in [3.8, 4) is 0 Å². The Balaban J connectivity index is 1.55. The monoisotopic (exact) mass is 327 g/mol. The van der Waals surface area contributed by atoms with Gasteiger partial charge in [0, 0.05) is 17.8 Å². The number of aromatic nitrogens is 2. The highest BCUT2D eigenvalue weighted by atomic mass is 32.1. The quantitative estimate of drug-likeness (QED) is 0.721. The van der Waals surface area contributed by atoms with E-state index < -0.39 is 0 Å². The molecule has 118 valence electrons. The molecule has 0 aliphatic carbocycles. The Labute approximate surface area is 137 Å². The van der Waals surface area contributed by atoms with E-state index in [0.717, 1.165) is 34.3 Å². The molecule has 0 unspecified atom stereocenters. The van der Waals surface area contributed by atoms with Crippen LogP contribution in [0.5, 0.6) is 0 Å². The number of carbonyl (C=O) groups is 1. The van der Waals surface area contributed by atoms with Crippen LogP contribution in [-0.4, -0.2) is 34.0 Å². The zero-order valence-corrected chi connectivity index (χ0v) is 13.7. The zero-order valence-electron chi connectivity index (χ0n) is 12.9. The summed E-state index contributed by atoms with van der Waals surface area (Å²) in [4.78, 5) is 19.9. The van der Waals surface area contributed by atoms with Gasteiger partial charge in [-0.2, -0.15) is 4.98 Å². The summed E-state index contributed by atoms with van der Waals surface area (Å²) in [7, 11) is 0. The topological polar surface area (TPSA) is 59.2 Å². The summed E-state index contributed by atoms with van der Waals surface area (Å²) in [5.41, 5.74) is 0. The third-order valence-corrected chi connectivity index (χ3v) is 5.34. The highest BCUT2D eigenvalue weighted by Crippen LogP contribution is 2.30. The summed E-state index contributed by atoms with van der Waals surface area (Å²) >= 11 is 1.56. The largest absolute Gasteiger partial charge is 0.339 e. The lowest BCUT2D eigenvalue weighted by Gasteiger charge is -2.30. The van der Waals surface area contributed by atoms with Crippen LogP contribution in [0.2, 0.25) is 0 Å². The number of hydrogen-bond acceptors (Lipinski definition) is 5. The molecule has 0 saturated carbocycles. The molecule has 1 atom stereocenters. The van der Waals surface area contributed by atoms with E-state index >= 15 is 0 Å². The van der Waals surface area contributed by atoms with Crippen LogP contribution in [0, 0.1) is 6.92 Å². The van der Waals surface area contributed by atoms with Crippen molar-refractivity contribution in [2.45, 2.75) is 25.7 Å². The molecular formula is C17H17N3O2S. The number of nitrogens with zero attached hydrogens (tertiary/aromatic N) is 3. The molecule has 1 amide bonds. The van der Waals surface area contributed by atoms with Crippen LogP contribution in [0.4, 0.5) is 0 Å². The number of carbonyl (C=O) groups excluding carboxylic acids is 1. The summed E-state index contributed by atoms with van der Waals surface area (Å²) in [6.07, 6.45) is 1.94. The van der Waals surface area contributed by atoms with E-state index in [2.05, 4.69) is 16.2 Å². The fraction of sp³-hybridized carbons (Fsp3) is 0.353. The van der Waals surface area contributed by atoms with E-state index in [1.54, 1.807) is 11.3 Å². The molecule has 23 heavy (non-hydrogen) atoms. The number of hydrogen-bond donors (Lipinski definition) is 0. The van der Waals surface area contributed by atoms with Gasteiger partial charge in [-0.05, 0) is 37.3 Å². The Morgan fingerprint density at radius 1 is 1.39 bits per heavy atom. The molecule has 2 aromatic heterocycles. The number of amides is 1. The Bertz CT molecular complexity index is 821. The molecule has 3 heterocycles. The van der Waals surface area contributed by atoms with E-state index in [4.69, 9.17) is 4.52 Å². The average molecular weight is 327 g/mol. The Hall–Kier alpha value is -2.21. The fourth-order valence-electron chi connectivity index (χ4n) is 3.09. The van der Waals surface area contributed by atoms with E-state index in [9.17, 15) is 4.79 Å². The second-order valence-corrected chi connectivity index (χ2v) is 7.00. The SMILES string of the molecule is Cc1noc([C@@H]2CCCN(C(=O)c3cc4ccccc4s3)C2)n1. The summed E-state index contributed by atoms with van der Waals surface area (Å²) in [5, 5.41) is 4.99. The van der Waals surface area contributed by atoms with Gasteiger partial charge in [-0.25, -0.2) is 0 Å². The fourth-order valence-corrected chi connectivity index (χ4v) is 4.12. The third kappa shape index (κ3) is 2.74. The van der Waals surface area contributed by atoms with Crippen LogP contribution in [0.15, 0.2) is 34.9 Å². The number of aryl methyl sites for hydroxylation is 1. The van der Waals surface area contributed by atoms with Crippen molar-refractivity contribution in [3.63, 3.8) is 0 Å². The second-order valence-electron chi connectivity index (χ2n) is 5.92. The first-order chi connectivity index (χ1) is 11.2. The minimum absolute atomic E-state index is 0.104. The summed E-state index contributed by atoms with van der Waals surface area (Å²) < 4.78 is 6.44. The molecule has 5 nitrogen and oxygen atoms in total. The second kappa shape index (κ2) is 5.77. The first kappa shape index (κ1) is 14.4. The van der Waals surface area contributed by atoms with Crippen molar-refractivity contribution >= 4 is 27.3 Å². The van der Waals surface area contributed by atoms with Crippen LogP contribution in [0.3, 0.4) is 0 Å². The number of thiophene rings is 1. The van der Waals surface area contributed by atoms with Gasteiger partial charge in [0.15, 0.2) is 5.82 Å². The summed E-state index contributed by atoms with van der Waals surface area (Å²) in [5.74, 6) is 1.54. The molecule has 0 radical (unpaired) electrons. The Morgan fingerprint density at radius 2 is 2.26 bits per heavy atom. The summed E-state index contributed by atoms with van der Waals surface area (Å²) in [6.45, 7) is 3.25. The minimum Gasteiger partial charge on any atom is -0.339 e. The molecule has 0 bridgehead atoms. The maximum absolute atomic E-state index is 12.8. The molecule has 0 N–H and O–H groups in total. The molecule has 3 aromatic rings. The molecule has 4 rings (SSSR count). The van der Waals surface area contributed by atoms with Gasteiger partial charge in [-0.1, -0.05) is 23.4 Å². The molecule has 1 saturated heterocycles. The van der Waals surface area contributed by atoms with Crippen molar-refractivity contribution in [2.24, 2.45) is 0 Å². The van der Waals surface area contributed by atoms with Gasteiger partial charge in [0.25, 0.3) is 5.91 Å². The lowest BCUT2D eigenvalue weighted by atomic mass is 9.98. The normalized spacial score (nSPS) is 18.5. The predicted octanol–water partition coefficient (Wildman–Crippen LogP) is 3.61. The minimum atomic E-state index is 0.104. The van der Waals surface area contributed by atoms with Crippen molar-refractivity contribution in [2.75, 3.05) is 13.1 Å². The van der Waals surface area contributed by atoms with Crippen LogP contribution >= 0.6 is 11.3 Å². The van der Waals surface area contributed by atoms with Gasteiger partial charge < -0.3 is 9.42 Å². The zero-order chi connectivity index (χ0) is 15.8. The van der Waals surface area contributed by atoms with Gasteiger partial charge in [0.2, 0.25) is 5.89 Å². The third-order valence-electron chi connectivity index (χ3n) is 4.24. The number of likely N-dealkylation sites (tertiary alicyclic amines) is 1. The van der Waals surface area contributed by atoms with Crippen molar-refractivity contribution < 1.29 is 9.32 Å². The van der Waals surface area contributed by atoms with Crippen LogP contribution in [-0.2, 0) is 0 Å². The van der Waals surface area contributed by atoms with Gasteiger partial charge in [0.05, 0.1) is 10.8 Å². The first-order valence-corrected chi connectivity index (χ1v) is 8.60. The highest BCUT2D eigenvalue weighted by molar-refractivity contribution is 7.20. The smallest absolute Gasteiger partial charge is 0.263 e. The van der Waals surface area contributed by atoms with Crippen LogP contribution in [0.1, 0.15) is 40.1 Å². The van der Waals surface area contributed by atoms with Gasteiger partial charge in [0.1, 0.15) is 0 Å².